The van der Waals surface area contributed by atoms with E-state index in [2.05, 4.69) is 84.9 Å². The SMILES string of the molecule is Oc1cccc(Oc2ccccc2C2(c3ccccc3Oc3cccc(O)c3)c3cc(C45CC6CC(CC(C6)C4)C5)ccc3-c3ccc(C45CC6CC(CC(C6)C4)C5)cc32)c1. The zero-order valence-electron chi connectivity index (χ0n) is 34.9. The van der Waals surface area contributed by atoms with Gasteiger partial charge in [0.25, 0.3) is 0 Å². The lowest BCUT2D eigenvalue weighted by Crippen LogP contribution is -2.48. The quantitative estimate of drug-likeness (QED) is 0.161. The number of aromatic hydroxyl groups is 2. The predicted molar refractivity (Wildman–Crippen MR) is 240 cm³/mol. The lowest BCUT2D eigenvalue weighted by molar-refractivity contribution is -0.00530. The zero-order valence-corrected chi connectivity index (χ0v) is 34.9. The highest BCUT2D eigenvalue weighted by atomic mass is 16.5. The molecule has 0 amide bonds. The maximum Gasteiger partial charge on any atom is 0.132 e. The van der Waals surface area contributed by atoms with Gasteiger partial charge in [0.1, 0.15) is 34.5 Å². The summed E-state index contributed by atoms with van der Waals surface area (Å²) in [6.45, 7) is 0. The Kier molecular flexibility index (Phi) is 7.87. The number of hydrogen-bond donors (Lipinski definition) is 2. The second kappa shape index (κ2) is 13.3. The molecule has 0 spiro atoms. The summed E-state index contributed by atoms with van der Waals surface area (Å²) in [4.78, 5) is 0. The van der Waals surface area contributed by atoms with E-state index < -0.39 is 5.41 Å². The fourth-order valence-electron chi connectivity index (χ4n) is 15.7. The molecule has 61 heavy (non-hydrogen) atoms. The van der Waals surface area contributed by atoms with Crippen molar-refractivity contribution in [3.63, 3.8) is 0 Å². The summed E-state index contributed by atoms with van der Waals surface area (Å²) in [5.41, 5.74) is 9.80. The second-order valence-corrected chi connectivity index (χ2v) is 20.9. The first-order chi connectivity index (χ1) is 29.8. The molecule has 9 aliphatic carbocycles. The standard InChI is InChI=1S/C57H54O4/c58-43-7-5-9-45(27-43)60-53-13-3-1-11-49(53)57(50-12-2-4-14-54(50)61-46-10-6-8-44(59)28-46)51-25-41(55-29-35-19-36(30-55)21-37(20-35)31-55)15-17-47(51)48-18-16-42(26-52(48)57)56-32-38-22-39(33-56)24-40(23-38)34-56/h1-18,25-28,35-40,58-59H,19-24,29-34H2. The average Bonchev–Trinajstić information content (AvgIpc) is 3.53. The highest BCUT2D eigenvalue weighted by Crippen LogP contribution is 2.66. The highest BCUT2D eigenvalue weighted by molar-refractivity contribution is 5.88. The third kappa shape index (κ3) is 5.56. The second-order valence-electron chi connectivity index (χ2n) is 20.9. The monoisotopic (exact) mass is 802 g/mol. The molecule has 2 N–H and O–H groups in total. The van der Waals surface area contributed by atoms with Crippen LogP contribution in [0.25, 0.3) is 11.1 Å². The molecule has 8 saturated carbocycles. The first kappa shape index (κ1) is 36.2. The summed E-state index contributed by atoms with van der Waals surface area (Å²) in [5.74, 6) is 8.01. The van der Waals surface area contributed by atoms with Gasteiger partial charge in [0.05, 0.1) is 5.41 Å². The number of phenolic OH excluding ortho intramolecular Hbond substituents is 2. The summed E-state index contributed by atoms with van der Waals surface area (Å²) < 4.78 is 14.0. The third-order valence-electron chi connectivity index (χ3n) is 17.1. The van der Waals surface area contributed by atoms with Crippen LogP contribution in [0, 0.1) is 35.5 Å². The van der Waals surface area contributed by atoms with Crippen LogP contribution in [0.4, 0.5) is 0 Å². The minimum Gasteiger partial charge on any atom is -0.508 e. The van der Waals surface area contributed by atoms with Gasteiger partial charge in [-0.25, -0.2) is 0 Å². The van der Waals surface area contributed by atoms with Crippen molar-refractivity contribution in [1.82, 2.24) is 0 Å². The van der Waals surface area contributed by atoms with Crippen molar-refractivity contribution >= 4 is 0 Å². The van der Waals surface area contributed by atoms with Crippen molar-refractivity contribution in [2.75, 3.05) is 0 Å². The molecule has 8 bridgehead atoms. The summed E-state index contributed by atoms with van der Waals surface area (Å²) in [6.07, 6.45) is 16.2. The summed E-state index contributed by atoms with van der Waals surface area (Å²) in [7, 11) is 0. The van der Waals surface area contributed by atoms with Gasteiger partial charge in [-0.3, -0.25) is 0 Å². The molecule has 0 radical (unpaired) electrons. The number of fused-ring (bicyclic) bond motifs is 3. The fourth-order valence-corrected chi connectivity index (χ4v) is 15.7. The van der Waals surface area contributed by atoms with E-state index in [1.807, 2.05) is 24.3 Å². The maximum absolute atomic E-state index is 10.6. The van der Waals surface area contributed by atoms with E-state index in [4.69, 9.17) is 9.47 Å². The topological polar surface area (TPSA) is 58.9 Å². The van der Waals surface area contributed by atoms with E-state index in [0.29, 0.717) is 11.5 Å². The minimum atomic E-state index is -0.831. The molecule has 0 aliphatic heterocycles. The number of para-hydroxylation sites is 2. The number of hydrogen-bond acceptors (Lipinski definition) is 4. The number of rotatable bonds is 8. The normalized spacial score (nSPS) is 30.6. The number of benzene rings is 6. The van der Waals surface area contributed by atoms with Crippen molar-refractivity contribution in [2.45, 2.75) is 93.3 Å². The van der Waals surface area contributed by atoms with Crippen molar-refractivity contribution in [1.29, 1.82) is 0 Å². The van der Waals surface area contributed by atoms with Crippen LogP contribution in [-0.2, 0) is 16.2 Å². The van der Waals surface area contributed by atoms with Crippen LogP contribution < -0.4 is 9.47 Å². The molecule has 306 valence electrons. The molecular formula is C57H54O4. The Labute approximate surface area is 359 Å². The van der Waals surface area contributed by atoms with Crippen molar-refractivity contribution in [3.05, 3.63) is 167 Å². The average molecular weight is 803 g/mol. The Hall–Kier alpha value is -5.48. The Morgan fingerprint density at radius 2 is 0.754 bits per heavy atom. The number of phenols is 2. The largest absolute Gasteiger partial charge is 0.508 e. The van der Waals surface area contributed by atoms with Crippen LogP contribution in [0.15, 0.2) is 133 Å². The molecule has 0 aromatic heterocycles. The molecule has 0 unspecified atom stereocenters. The van der Waals surface area contributed by atoms with Gasteiger partial charge in [-0.15, -0.1) is 0 Å². The van der Waals surface area contributed by atoms with Crippen LogP contribution in [-0.4, -0.2) is 10.2 Å². The van der Waals surface area contributed by atoms with Crippen molar-refractivity contribution in [2.24, 2.45) is 35.5 Å². The molecule has 0 atom stereocenters. The van der Waals surface area contributed by atoms with Gasteiger partial charge in [-0.2, -0.15) is 0 Å². The molecule has 0 saturated heterocycles. The van der Waals surface area contributed by atoms with Crippen molar-refractivity contribution < 1.29 is 19.7 Å². The first-order valence-electron chi connectivity index (χ1n) is 23.3. The Balaban J connectivity index is 1.10. The Morgan fingerprint density at radius 3 is 1.13 bits per heavy atom. The van der Waals surface area contributed by atoms with Gasteiger partial charge in [0, 0.05) is 23.3 Å². The predicted octanol–water partition coefficient (Wildman–Crippen LogP) is 14.0. The summed E-state index contributed by atoms with van der Waals surface area (Å²) in [6, 6.07) is 46.8. The molecule has 4 heteroatoms. The fraction of sp³-hybridized carbons (Fsp3) is 0.368. The van der Waals surface area contributed by atoms with Crippen LogP contribution in [0.2, 0.25) is 0 Å². The molecule has 9 aliphatic rings. The molecule has 8 fully saturated rings. The van der Waals surface area contributed by atoms with Crippen LogP contribution in [0.1, 0.15) is 110 Å². The van der Waals surface area contributed by atoms with E-state index in [0.717, 1.165) is 58.1 Å². The molecule has 4 nitrogen and oxygen atoms in total. The molecule has 15 rings (SSSR count). The van der Waals surface area contributed by atoms with E-state index in [-0.39, 0.29) is 22.3 Å². The van der Waals surface area contributed by atoms with Gasteiger partial charge in [-0.05, 0) is 193 Å². The lowest BCUT2D eigenvalue weighted by Gasteiger charge is -2.57. The van der Waals surface area contributed by atoms with E-state index in [1.165, 1.54) is 110 Å². The van der Waals surface area contributed by atoms with Gasteiger partial charge in [-0.1, -0.05) is 84.9 Å². The van der Waals surface area contributed by atoms with Gasteiger partial charge >= 0.3 is 0 Å². The smallest absolute Gasteiger partial charge is 0.132 e. The van der Waals surface area contributed by atoms with Gasteiger partial charge in [0.15, 0.2) is 0 Å². The summed E-state index contributed by atoms with van der Waals surface area (Å²) in [5, 5.41) is 21.3. The summed E-state index contributed by atoms with van der Waals surface area (Å²) >= 11 is 0. The van der Waals surface area contributed by atoms with Crippen LogP contribution in [0.3, 0.4) is 0 Å². The van der Waals surface area contributed by atoms with E-state index in [1.54, 1.807) is 24.3 Å². The van der Waals surface area contributed by atoms with E-state index >= 15 is 0 Å². The van der Waals surface area contributed by atoms with E-state index in [9.17, 15) is 10.2 Å². The lowest BCUT2D eigenvalue weighted by atomic mass is 9.47. The maximum atomic E-state index is 10.6. The number of ether oxygens (including phenoxy) is 2. The highest BCUT2D eigenvalue weighted by Gasteiger charge is 2.56. The first-order valence-corrected chi connectivity index (χ1v) is 23.3. The van der Waals surface area contributed by atoms with Gasteiger partial charge in [0.2, 0.25) is 0 Å². The molecule has 6 aromatic carbocycles. The Morgan fingerprint density at radius 1 is 0.377 bits per heavy atom. The molecular weight excluding hydrogens is 749 g/mol. The molecule has 6 aromatic rings. The molecule has 0 heterocycles. The van der Waals surface area contributed by atoms with Crippen molar-refractivity contribution in [3.8, 4) is 45.6 Å². The third-order valence-corrected chi connectivity index (χ3v) is 17.1. The van der Waals surface area contributed by atoms with Crippen LogP contribution >= 0.6 is 0 Å². The zero-order chi connectivity index (χ0) is 40.5. The Bertz CT molecular complexity index is 2470. The van der Waals surface area contributed by atoms with Gasteiger partial charge < -0.3 is 19.7 Å². The van der Waals surface area contributed by atoms with Crippen LogP contribution in [0.5, 0.6) is 34.5 Å². The minimum absolute atomic E-state index is 0.173.